The number of amides is 1. The highest BCUT2D eigenvalue weighted by Crippen LogP contribution is 2.29. The Hall–Kier alpha value is -1.60. The van der Waals surface area contributed by atoms with Gasteiger partial charge in [-0.2, -0.15) is 13.2 Å². The van der Waals surface area contributed by atoms with Crippen molar-refractivity contribution in [3.8, 4) is 0 Å². The Morgan fingerprint density at radius 3 is 2.45 bits per heavy atom. The Balaban J connectivity index is 1.90. The van der Waals surface area contributed by atoms with Gasteiger partial charge >= 0.3 is 6.18 Å². The first-order chi connectivity index (χ1) is 10.4. The minimum absolute atomic E-state index is 0.0428. The molecule has 122 valence electrons. The van der Waals surface area contributed by atoms with Gasteiger partial charge in [-0.1, -0.05) is 18.2 Å². The molecule has 4 nitrogen and oxygen atoms in total. The summed E-state index contributed by atoms with van der Waals surface area (Å²) in [7, 11) is 0. The summed E-state index contributed by atoms with van der Waals surface area (Å²) in [5.41, 5.74) is 5.38. The molecule has 0 bridgehead atoms. The summed E-state index contributed by atoms with van der Waals surface area (Å²) < 4.78 is 38.1. The number of nitrogens with zero attached hydrogens (tertiary/aromatic N) is 2. The maximum absolute atomic E-state index is 12.7. The zero-order valence-corrected chi connectivity index (χ0v) is 12.3. The smallest absolute Gasteiger partial charge is 0.340 e. The number of hydrogen-bond acceptors (Lipinski definition) is 3. The van der Waals surface area contributed by atoms with Gasteiger partial charge in [0.25, 0.3) is 0 Å². The predicted molar refractivity (Wildman–Crippen MR) is 77.0 cm³/mol. The number of hydrogen-bond donors (Lipinski definition) is 1. The van der Waals surface area contributed by atoms with E-state index >= 15 is 0 Å². The lowest BCUT2D eigenvalue weighted by Gasteiger charge is -2.34. The number of carbonyl (C=O) groups is 1. The molecule has 1 amide bonds. The Kier molecular flexibility index (Phi) is 5.42. The van der Waals surface area contributed by atoms with E-state index in [2.05, 4.69) is 4.90 Å². The lowest BCUT2D eigenvalue weighted by atomic mass is 10.1. The van der Waals surface area contributed by atoms with Crippen molar-refractivity contribution < 1.29 is 18.0 Å². The lowest BCUT2D eigenvalue weighted by Crippen LogP contribution is -2.48. The van der Waals surface area contributed by atoms with Crippen molar-refractivity contribution in [2.45, 2.75) is 19.1 Å². The van der Waals surface area contributed by atoms with Crippen LogP contribution < -0.4 is 5.73 Å². The standard InChI is InChI=1S/C15H20F3N3O/c16-15(17,18)13-3-1-2-12(10-13)11-20-6-8-21(9-7-20)14(22)4-5-19/h1-3,10H,4-9,11,19H2. The van der Waals surface area contributed by atoms with E-state index in [0.717, 1.165) is 6.07 Å². The number of nitrogens with two attached hydrogens (primary N) is 1. The molecule has 0 radical (unpaired) electrons. The summed E-state index contributed by atoms with van der Waals surface area (Å²) in [4.78, 5) is 15.5. The predicted octanol–water partition coefficient (Wildman–Crippen LogP) is 1.70. The fraction of sp³-hybridized carbons (Fsp3) is 0.533. The highest BCUT2D eigenvalue weighted by Gasteiger charge is 2.30. The Bertz CT molecular complexity index is 511. The van der Waals surface area contributed by atoms with Crippen LogP contribution in [-0.4, -0.2) is 48.4 Å². The van der Waals surface area contributed by atoms with Crippen molar-refractivity contribution in [2.24, 2.45) is 5.73 Å². The molecule has 1 heterocycles. The minimum Gasteiger partial charge on any atom is -0.340 e. The maximum Gasteiger partial charge on any atom is 0.416 e. The molecule has 1 aromatic rings. The van der Waals surface area contributed by atoms with Crippen LogP contribution in [0.3, 0.4) is 0 Å². The van der Waals surface area contributed by atoms with Crippen LogP contribution >= 0.6 is 0 Å². The van der Waals surface area contributed by atoms with E-state index in [-0.39, 0.29) is 5.91 Å². The molecule has 1 aromatic carbocycles. The number of halogens is 3. The third kappa shape index (κ3) is 4.45. The van der Waals surface area contributed by atoms with Gasteiger partial charge < -0.3 is 10.6 Å². The van der Waals surface area contributed by atoms with Crippen molar-refractivity contribution in [1.82, 2.24) is 9.80 Å². The van der Waals surface area contributed by atoms with Gasteiger partial charge in [-0.15, -0.1) is 0 Å². The first-order valence-electron chi connectivity index (χ1n) is 7.26. The van der Waals surface area contributed by atoms with E-state index < -0.39 is 11.7 Å². The summed E-state index contributed by atoms with van der Waals surface area (Å²) >= 11 is 0. The molecule has 2 N–H and O–H groups in total. The zero-order chi connectivity index (χ0) is 16.2. The number of benzene rings is 1. The quantitative estimate of drug-likeness (QED) is 0.920. The summed E-state index contributed by atoms with van der Waals surface area (Å²) in [6.07, 6.45) is -3.98. The topological polar surface area (TPSA) is 49.6 Å². The molecule has 22 heavy (non-hydrogen) atoms. The highest BCUT2D eigenvalue weighted by atomic mass is 19.4. The molecule has 1 aliphatic rings. The number of carbonyl (C=O) groups excluding carboxylic acids is 1. The van der Waals surface area contributed by atoms with Crippen LogP contribution in [0.25, 0.3) is 0 Å². The van der Waals surface area contributed by atoms with E-state index in [9.17, 15) is 18.0 Å². The molecule has 0 atom stereocenters. The fourth-order valence-electron chi connectivity index (χ4n) is 2.54. The number of piperazine rings is 1. The Morgan fingerprint density at radius 1 is 1.18 bits per heavy atom. The van der Waals surface area contributed by atoms with Gasteiger partial charge in [0.2, 0.25) is 5.91 Å². The van der Waals surface area contributed by atoms with Crippen molar-refractivity contribution in [3.05, 3.63) is 35.4 Å². The molecule has 7 heteroatoms. The van der Waals surface area contributed by atoms with E-state index in [1.165, 1.54) is 12.1 Å². The monoisotopic (exact) mass is 315 g/mol. The van der Waals surface area contributed by atoms with Gasteiger partial charge in [0.1, 0.15) is 0 Å². The van der Waals surface area contributed by atoms with Crippen LogP contribution in [0.1, 0.15) is 17.5 Å². The molecule has 1 fully saturated rings. The maximum atomic E-state index is 12.7. The zero-order valence-electron chi connectivity index (χ0n) is 12.3. The van der Waals surface area contributed by atoms with Crippen LogP contribution in [0, 0.1) is 0 Å². The molecular formula is C15H20F3N3O. The van der Waals surface area contributed by atoms with Crippen molar-refractivity contribution >= 4 is 5.91 Å². The van der Waals surface area contributed by atoms with E-state index in [1.807, 2.05) is 0 Å². The van der Waals surface area contributed by atoms with Crippen LogP contribution in [0.15, 0.2) is 24.3 Å². The minimum atomic E-state index is -4.32. The molecule has 0 unspecified atom stereocenters. The second-order valence-corrected chi connectivity index (χ2v) is 5.39. The molecule has 0 aliphatic carbocycles. The molecule has 2 rings (SSSR count). The lowest BCUT2D eigenvalue weighted by molar-refractivity contribution is -0.137. The summed E-state index contributed by atoms with van der Waals surface area (Å²) in [6, 6.07) is 5.39. The van der Waals surface area contributed by atoms with Crippen LogP contribution in [0.5, 0.6) is 0 Å². The third-order valence-electron chi connectivity index (χ3n) is 3.74. The van der Waals surface area contributed by atoms with Crippen molar-refractivity contribution in [1.29, 1.82) is 0 Å². The van der Waals surface area contributed by atoms with Crippen molar-refractivity contribution in [3.63, 3.8) is 0 Å². The molecule has 0 saturated carbocycles. The third-order valence-corrected chi connectivity index (χ3v) is 3.74. The highest BCUT2D eigenvalue weighted by molar-refractivity contribution is 5.76. The number of alkyl halides is 3. The summed E-state index contributed by atoms with van der Waals surface area (Å²) in [5.74, 6) is 0.0428. The van der Waals surface area contributed by atoms with Gasteiger partial charge in [-0.3, -0.25) is 9.69 Å². The van der Waals surface area contributed by atoms with Gasteiger partial charge in [-0.05, 0) is 11.6 Å². The largest absolute Gasteiger partial charge is 0.416 e. The van der Waals surface area contributed by atoms with Gasteiger partial charge in [0.05, 0.1) is 5.56 Å². The van der Waals surface area contributed by atoms with Crippen LogP contribution in [0.4, 0.5) is 13.2 Å². The SMILES string of the molecule is NCCC(=O)N1CCN(Cc2cccc(C(F)(F)F)c2)CC1. The summed E-state index contributed by atoms with van der Waals surface area (Å²) in [6.45, 7) is 3.31. The second-order valence-electron chi connectivity index (χ2n) is 5.39. The van der Waals surface area contributed by atoms with Gasteiger partial charge in [-0.25, -0.2) is 0 Å². The van der Waals surface area contributed by atoms with E-state index in [4.69, 9.17) is 5.73 Å². The van der Waals surface area contributed by atoms with Crippen LogP contribution in [0.2, 0.25) is 0 Å². The molecule has 0 aromatic heterocycles. The Labute approximate surface area is 127 Å². The van der Waals surface area contributed by atoms with E-state index in [1.54, 1.807) is 11.0 Å². The van der Waals surface area contributed by atoms with E-state index in [0.29, 0.717) is 51.3 Å². The normalized spacial score (nSPS) is 16.8. The van der Waals surface area contributed by atoms with Gasteiger partial charge in [0, 0.05) is 45.7 Å². The molecule has 0 spiro atoms. The molecule has 1 saturated heterocycles. The second kappa shape index (κ2) is 7.11. The van der Waals surface area contributed by atoms with Crippen molar-refractivity contribution in [2.75, 3.05) is 32.7 Å². The fourth-order valence-corrected chi connectivity index (χ4v) is 2.54. The number of rotatable bonds is 4. The average Bonchev–Trinajstić information content (AvgIpc) is 2.48. The van der Waals surface area contributed by atoms with Gasteiger partial charge in [0.15, 0.2) is 0 Å². The average molecular weight is 315 g/mol. The van der Waals surface area contributed by atoms with Crippen LogP contribution in [-0.2, 0) is 17.5 Å². The molecular weight excluding hydrogens is 295 g/mol. The first kappa shape index (κ1) is 16.8. The Morgan fingerprint density at radius 2 is 1.86 bits per heavy atom. The summed E-state index contributed by atoms with van der Waals surface area (Å²) in [5, 5.41) is 0. The molecule has 1 aliphatic heterocycles. The first-order valence-corrected chi connectivity index (χ1v) is 7.26.